The third kappa shape index (κ3) is 428. The third-order valence-corrected chi connectivity index (χ3v) is 0. The van der Waals surface area contributed by atoms with Crippen molar-refractivity contribution < 1.29 is 87.2 Å². The summed E-state index contributed by atoms with van der Waals surface area (Å²) in [6.07, 6.45) is -0.167. The van der Waals surface area contributed by atoms with E-state index >= 15 is 0 Å². The van der Waals surface area contributed by atoms with Gasteiger partial charge in [0.15, 0.2) is 0 Å². The maximum atomic E-state index is 8.52. The van der Waals surface area contributed by atoms with Crippen LogP contribution >= 0.6 is 0 Å². The first-order valence-electron chi connectivity index (χ1n) is 2.08. The Bertz CT molecular complexity index is 132. The van der Waals surface area contributed by atoms with Gasteiger partial charge in [-0.2, -0.15) is 0 Å². The molecule has 0 saturated carbocycles. The largest absolute Gasteiger partial charge is 1.00 e. The van der Waals surface area contributed by atoms with Gasteiger partial charge in [0.05, 0.1) is 0 Å². The average Bonchev–Trinajstić information content (AvgIpc) is 1.19. The number of hydrogen-bond acceptors (Lipinski definition) is 5. The predicted molar refractivity (Wildman–Crippen MR) is 31.4 cm³/mol. The van der Waals surface area contributed by atoms with Gasteiger partial charge in [0.2, 0.25) is 0 Å². The molecule has 0 rings (SSSR count). The number of aliphatic hydroxyl groups excluding tert-OH is 1. The van der Waals surface area contributed by atoms with E-state index in [9.17, 15) is 0 Å². The molecule has 0 fully saturated rings. The van der Waals surface area contributed by atoms with Gasteiger partial charge >= 0.3 is 59.1 Å². The quantitative estimate of drug-likeness (QED) is 0.246. The summed E-state index contributed by atoms with van der Waals surface area (Å²) >= 11 is 0. The molecule has 0 aromatic rings. The van der Waals surface area contributed by atoms with Gasteiger partial charge in [-0.1, -0.05) is 0 Å². The zero-order valence-electron chi connectivity index (χ0n) is 7.57. The maximum absolute atomic E-state index is 8.52. The second-order valence-electron chi connectivity index (χ2n) is 1.50. The Hall–Kier alpha value is 1.79. The summed E-state index contributed by atoms with van der Waals surface area (Å²) in [7, 11) is -5.17. The van der Waals surface area contributed by atoms with Crippen LogP contribution in [0.15, 0.2) is 0 Å². The summed E-state index contributed by atoms with van der Waals surface area (Å²) in [4.78, 5) is 0. The van der Waals surface area contributed by atoms with Crippen molar-refractivity contribution in [2.45, 2.75) is 20.0 Å². The monoisotopic (exact) mass is 220 g/mol. The van der Waals surface area contributed by atoms with Gasteiger partial charge in [-0.15, -0.1) is 0 Å². The molecule has 0 amide bonds. The van der Waals surface area contributed by atoms with Crippen molar-refractivity contribution in [1.82, 2.24) is 0 Å². The Morgan fingerprint density at radius 3 is 1.17 bits per heavy atom. The van der Waals surface area contributed by atoms with Crippen molar-refractivity contribution in [3.05, 3.63) is 0 Å². The van der Waals surface area contributed by atoms with E-state index in [1.54, 1.807) is 13.8 Å². The Labute approximate surface area is 116 Å². The van der Waals surface area contributed by atoms with Crippen LogP contribution in [0.5, 0.6) is 0 Å². The number of aliphatic hydroxyl groups is 1. The predicted octanol–water partition coefficient (Wildman–Crippen LogP) is -7.77. The summed E-state index contributed by atoms with van der Waals surface area (Å²) in [5.74, 6) is 0. The molecule has 0 unspecified atom stereocenters. The van der Waals surface area contributed by atoms with E-state index in [-0.39, 0.29) is 70.7 Å². The van der Waals surface area contributed by atoms with Crippen LogP contribution in [0, 0.1) is 0 Å². The normalized spacial score (nSPS) is 7.83. The fourth-order valence-electron chi connectivity index (χ4n) is 0. The van der Waals surface area contributed by atoms with Gasteiger partial charge in [0.25, 0.3) is 0 Å². The Morgan fingerprint density at radius 1 is 1.17 bits per heavy atom. The molecule has 0 aliphatic carbocycles. The van der Waals surface area contributed by atoms with E-state index in [4.69, 9.17) is 22.6 Å². The van der Waals surface area contributed by atoms with Crippen LogP contribution in [0.25, 0.3) is 0 Å². The van der Waals surface area contributed by atoms with E-state index < -0.39 is 10.4 Å². The summed E-state index contributed by atoms with van der Waals surface area (Å²) in [6.45, 7) is 3.44. The Balaban J connectivity index is -0.0000000221. The molecular formula is C3H10Na2O6S. The molecule has 66 valence electrons. The molecule has 6 nitrogen and oxygen atoms in total. The summed E-state index contributed by atoms with van der Waals surface area (Å²) in [5, 5.41) is 8.06. The van der Waals surface area contributed by atoms with E-state index in [2.05, 4.69) is 0 Å². The van der Waals surface area contributed by atoms with Crippen LogP contribution < -0.4 is 59.1 Å². The van der Waals surface area contributed by atoms with E-state index in [1.807, 2.05) is 0 Å². The third-order valence-electron chi connectivity index (χ3n) is 0. The van der Waals surface area contributed by atoms with Crippen molar-refractivity contribution in [3.63, 3.8) is 0 Å². The molecule has 12 heavy (non-hydrogen) atoms. The molecule has 0 aromatic heterocycles. The first kappa shape index (κ1) is 29.2. The first-order valence-corrected chi connectivity index (χ1v) is 3.41. The molecule has 0 bridgehead atoms. The van der Waals surface area contributed by atoms with Crippen LogP contribution in [-0.2, 0) is 10.4 Å². The van der Waals surface area contributed by atoms with Crippen LogP contribution in [-0.4, -0.2) is 34.2 Å². The maximum Gasteiger partial charge on any atom is 1.00 e. The van der Waals surface area contributed by atoms with Gasteiger partial charge < -0.3 is 19.7 Å². The van der Waals surface area contributed by atoms with Crippen LogP contribution in [0.3, 0.4) is 0 Å². The van der Waals surface area contributed by atoms with Crippen molar-refractivity contribution in [2.75, 3.05) is 0 Å². The Morgan fingerprint density at radius 2 is 1.17 bits per heavy atom. The van der Waals surface area contributed by atoms with Gasteiger partial charge in [0.1, 0.15) is 0 Å². The zero-order chi connectivity index (χ0) is 8.08. The molecule has 0 saturated heterocycles. The fraction of sp³-hybridized carbons (Fsp3) is 1.00. The molecule has 0 aliphatic rings. The van der Waals surface area contributed by atoms with Crippen molar-refractivity contribution in [3.8, 4) is 0 Å². The summed E-state index contributed by atoms with van der Waals surface area (Å²) < 4.78 is 34.1. The molecule has 0 heterocycles. The van der Waals surface area contributed by atoms with E-state index in [0.717, 1.165) is 0 Å². The van der Waals surface area contributed by atoms with Crippen LogP contribution in [0.1, 0.15) is 13.8 Å². The minimum atomic E-state index is -5.17. The number of rotatable bonds is 0. The molecule has 9 heteroatoms. The van der Waals surface area contributed by atoms with Gasteiger partial charge in [-0.3, -0.25) is 8.42 Å². The zero-order valence-corrected chi connectivity index (χ0v) is 12.4. The topological polar surface area (TPSA) is 132 Å². The fourth-order valence-corrected chi connectivity index (χ4v) is 0. The first-order chi connectivity index (χ1) is 3.73. The Kier molecular flexibility index (Phi) is 37.2. The molecule has 0 aliphatic heterocycles. The summed E-state index contributed by atoms with van der Waals surface area (Å²) in [6, 6.07) is 0. The summed E-state index contributed by atoms with van der Waals surface area (Å²) in [5.41, 5.74) is 0. The van der Waals surface area contributed by atoms with Crippen LogP contribution in [0.4, 0.5) is 0 Å². The van der Waals surface area contributed by atoms with E-state index in [1.165, 1.54) is 0 Å². The van der Waals surface area contributed by atoms with Crippen molar-refractivity contribution in [2.24, 2.45) is 0 Å². The second kappa shape index (κ2) is 15.3. The van der Waals surface area contributed by atoms with Crippen molar-refractivity contribution in [1.29, 1.82) is 0 Å². The van der Waals surface area contributed by atoms with Gasteiger partial charge in [-0.05, 0) is 13.8 Å². The minimum Gasteiger partial charge on any atom is -0.759 e. The van der Waals surface area contributed by atoms with E-state index in [0.29, 0.717) is 0 Å². The van der Waals surface area contributed by atoms with Crippen LogP contribution in [0.2, 0.25) is 0 Å². The van der Waals surface area contributed by atoms with Gasteiger partial charge in [0, 0.05) is 16.5 Å². The molecule has 0 radical (unpaired) electrons. The molecular weight excluding hydrogens is 210 g/mol. The molecule has 0 atom stereocenters. The SMILES string of the molecule is CC(C)O.O.O=S(=O)([O-])[O-].[Na+].[Na+]. The van der Waals surface area contributed by atoms with Crippen molar-refractivity contribution >= 4 is 10.4 Å². The van der Waals surface area contributed by atoms with Gasteiger partial charge in [-0.25, -0.2) is 0 Å². The molecule has 3 N–H and O–H groups in total. The smallest absolute Gasteiger partial charge is 0.759 e. The standard InChI is InChI=1S/C3H8O.2Na.H2O4S.H2O/c1-3(2)4;;;1-5(2,3)4;/h3-4H,1-2H3;;;(H2,1,2,3,4);1H2/q;2*+1;;/p-2. The minimum absolute atomic E-state index is 0. The molecule has 0 spiro atoms. The average molecular weight is 220 g/mol. The molecule has 0 aromatic carbocycles. The number of hydrogen-bond donors (Lipinski definition) is 1. The second-order valence-corrected chi connectivity index (χ2v) is 2.32.